The lowest BCUT2D eigenvalue weighted by atomic mass is 9.78. The lowest BCUT2D eigenvalue weighted by molar-refractivity contribution is -0.153. The van der Waals surface area contributed by atoms with Crippen LogP contribution in [0.15, 0.2) is 48.5 Å². The molecule has 1 aliphatic heterocycles. The van der Waals surface area contributed by atoms with Gasteiger partial charge in [0, 0.05) is 30.0 Å². The SMILES string of the molecule is O=C(COC(=O)C1(c2ccccc2F)CCCC1)Nc1ccc(N2CCOCC2)cc1. The number of nitrogens with one attached hydrogen (secondary N) is 1. The quantitative estimate of drug-likeness (QED) is 0.714. The Morgan fingerprint density at radius 3 is 2.39 bits per heavy atom. The van der Waals surface area contributed by atoms with E-state index in [1.54, 1.807) is 18.2 Å². The zero-order valence-corrected chi connectivity index (χ0v) is 17.4. The van der Waals surface area contributed by atoms with Crippen molar-refractivity contribution >= 4 is 23.3 Å². The fourth-order valence-corrected chi connectivity index (χ4v) is 4.45. The largest absolute Gasteiger partial charge is 0.455 e. The smallest absolute Gasteiger partial charge is 0.317 e. The predicted octanol–water partition coefficient (Wildman–Crippen LogP) is 3.66. The van der Waals surface area contributed by atoms with Gasteiger partial charge in [-0.25, -0.2) is 4.39 Å². The summed E-state index contributed by atoms with van der Waals surface area (Å²) in [4.78, 5) is 27.5. The Morgan fingerprint density at radius 1 is 1.03 bits per heavy atom. The van der Waals surface area contributed by atoms with Crippen LogP contribution in [0.2, 0.25) is 0 Å². The van der Waals surface area contributed by atoms with Crippen molar-refractivity contribution < 1.29 is 23.5 Å². The van der Waals surface area contributed by atoms with E-state index in [1.165, 1.54) is 6.07 Å². The fraction of sp³-hybridized carbons (Fsp3) is 0.417. The molecular weight excluding hydrogens is 399 g/mol. The number of hydrogen-bond donors (Lipinski definition) is 1. The van der Waals surface area contributed by atoms with Gasteiger partial charge in [0.1, 0.15) is 5.82 Å². The van der Waals surface area contributed by atoms with Crippen LogP contribution in [0.3, 0.4) is 0 Å². The van der Waals surface area contributed by atoms with Gasteiger partial charge in [-0.3, -0.25) is 9.59 Å². The molecule has 2 aromatic carbocycles. The number of ether oxygens (including phenoxy) is 2. The maximum Gasteiger partial charge on any atom is 0.317 e. The first-order valence-corrected chi connectivity index (χ1v) is 10.7. The molecule has 1 heterocycles. The van der Waals surface area contributed by atoms with Crippen LogP contribution in [0.25, 0.3) is 0 Å². The molecule has 0 aromatic heterocycles. The minimum atomic E-state index is -1.01. The zero-order chi connectivity index (χ0) is 21.7. The number of anilines is 2. The van der Waals surface area contributed by atoms with Crippen LogP contribution in [0, 0.1) is 5.82 Å². The first kappa shape index (κ1) is 21.3. The van der Waals surface area contributed by atoms with E-state index >= 15 is 0 Å². The van der Waals surface area contributed by atoms with Crippen molar-refractivity contribution in [2.75, 3.05) is 43.1 Å². The first-order chi connectivity index (χ1) is 15.1. The van der Waals surface area contributed by atoms with E-state index in [1.807, 2.05) is 24.3 Å². The molecule has 1 saturated carbocycles. The Morgan fingerprint density at radius 2 is 1.71 bits per heavy atom. The predicted molar refractivity (Wildman–Crippen MR) is 116 cm³/mol. The fourth-order valence-electron chi connectivity index (χ4n) is 4.45. The van der Waals surface area contributed by atoms with E-state index in [2.05, 4.69) is 10.2 Å². The third-order valence-corrected chi connectivity index (χ3v) is 6.10. The number of hydrogen-bond acceptors (Lipinski definition) is 5. The van der Waals surface area contributed by atoms with Gasteiger partial charge in [-0.15, -0.1) is 0 Å². The lowest BCUT2D eigenvalue weighted by Crippen LogP contribution is -2.37. The van der Waals surface area contributed by atoms with Crippen LogP contribution in [-0.2, 0) is 24.5 Å². The monoisotopic (exact) mass is 426 g/mol. The van der Waals surface area contributed by atoms with E-state index in [9.17, 15) is 14.0 Å². The van der Waals surface area contributed by atoms with Gasteiger partial charge in [-0.05, 0) is 43.2 Å². The zero-order valence-electron chi connectivity index (χ0n) is 17.4. The highest BCUT2D eigenvalue weighted by molar-refractivity contribution is 5.94. The highest BCUT2D eigenvalue weighted by Crippen LogP contribution is 2.43. The second-order valence-electron chi connectivity index (χ2n) is 8.04. The second-order valence-corrected chi connectivity index (χ2v) is 8.04. The van der Waals surface area contributed by atoms with E-state index in [-0.39, 0.29) is 0 Å². The number of carbonyl (C=O) groups excluding carboxylic acids is 2. The van der Waals surface area contributed by atoms with Crippen molar-refractivity contribution in [1.29, 1.82) is 0 Å². The van der Waals surface area contributed by atoms with Gasteiger partial charge in [0.05, 0.1) is 18.6 Å². The summed E-state index contributed by atoms with van der Waals surface area (Å²) in [7, 11) is 0. The standard InChI is InChI=1S/C24H27FN2O4/c25-21-6-2-1-5-20(21)24(11-3-4-12-24)23(29)31-17-22(28)26-18-7-9-19(10-8-18)27-13-15-30-16-14-27/h1-2,5-10H,3-4,11-17H2,(H,26,28). The molecular formula is C24H27FN2O4. The van der Waals surface area contributed by atoms with Crippen LogP contribution in [0.1, 0.15) is 31.2 Å². The maximum absolute atomic E-state index is 14.4. The number of rotatable bonds is 6. The molecule has 31 heavy (non-hydrogen) atoms. The molecule has 6 nitrogen and oxygen atoms in total. The van der Waals surface area contributed by atoms with Gasteiger partial charge in [0.2, 0.25) is 0 Å². The van der Waals surface area contributed by atoms with Crippen molar-refractivity contribution in [3.63, 3.8) is 0 Å². The second kappa shape index (κ2) is 9.47. The van der Waals surface area contributed by atoms with E-state index in [4.69, 9.17) is 9.47 Å². The summed E-state index contributed by atoms with van der Waals surface area (Å²) in [5.74, 6) is -1.37. The van der Waals surface area contributed by atoms with Crippen LogP contribution in [-0.4, -0.2) is 44.8 Å². The number of esters is 1. The van der Waals surface area contributed by atoms with Crippen molar-refractivity contribution in [2.45, 2.75) is 31.1 Å². The van der Waals surface area contributed by atoms with E-state index in [0.717, 1.165) is 31.6 Å². The third kappa shape index (κ3) is 4.71. The van der Waals surface area contributed by atoms with Crippen LogP contribution in [0.5, 0.6) is 0 Å². The highest BCUT2D eigenvalue weighted by atomic mass is 19.1. The van der Waals surface area contributed by atoms with Gasteiger partial charge in [-0.1, -0.05) is 31.0 Å². The maximum atomic E-state index is 14.4. The minimum Gasteiger partial charge on any atom is -0.455 e. The Hall–Kier alpha value is -2.93. The number of amides is 1. The highest BCUT2D eigenvalue weighted by Gasteiger charge is 2.45. The third-order valence-electron chi connectivity index (χ3n) is 6.10. The number of morpholine rings is 1. The average Bonchev–Trinajstić information content (AvgIpc) is 3.30. The summed E-state index contributed by atoms with van der Waals surface area (Å²) < 4.78 is 25.1. The summed E-state index contributed by atoms with van der Waals surface area (Å²) in [5, 5.41) is 2.75. The molecule has 0 bridgehead atoms. The van der Waals surface area contributed by atoms with Crippen LogP contribution in [0.4, 0.5) is 15.8 Å². The van der Waals surface area contributed by atoms with Gasteiger partial charge >= 0.3 is 5.97 Å². The Kier molecular flexibility index (Phi) is 6.51. The van der Waals surface area contributed by atoms with Gasteiger partial charge in [-0.2, -0.15) is 0 Å². The number of nitrogens with zero attached hydrogens (tertiary/aromatic N) is 1. The molecule has 0 spiro atoms. The molecule has 1 aliphatic carbocycles. The summed E-state index contributed by atoms with van der Waals surface area (Å²) in [5.41, 5.74) is 1.05. The molecule has 2 aromatic rings. The molecule has 164 valence electrons. The average molecular weight is 426 g/mol. The lowest BCUT2D eigenvalue weighted by Gasteiger charge is -2.29. The molecule has 2 fully saturated rings. The van der Waals surface area contributed by atoms with Crippen molar-refractivity contribution in [3.05, 3.63) is 59.9 Å². The van der Waals surface area contributed by atoms with E-state index < -0.39 is 29.7 Å². The first-order valence-electron chi connectivity index (χ1n) is 10.7. The summed E-state index contributed by atoms with van der Waals surface area (Å²) in [6.07, 6.45) is 2.70. The molecule has 4 rings (SSSR count). The Bertz CT molecular complexity index is 919. The van der Waals surface area contributed by atoms with Gasteiger partial charge in [0.25, 0.3) is 5.91 Å². The van der Waals surface area contributed by atoms with E-state index in [0.29, 0.717) is 37.3 Å². The molecule has 1 N–H and O–H groups in total. The summed E-state index contributed by atoms with van der Waals surface area (Å²) in [6, 6.07) is 13.8. The van der Waals surface area contributed by atoms with Crippen molar-refractivity contribution in [2.24, 2.45) is 0 Å². The molecule has 0 radical (unpaired) electrons. The molecule has 0 atom stereocenters. The number of halogens is 1. The van der Waals surface area contributed by atoms with Gasteiger partial charge < -0.3 is 19.7 Å². The van der Waals surface area contributed by atoms with Gasteiger partial charge in [0.15, 0.2) is 6.61 Å². The normalized spacial score (nSPS) is 17.9. The Balaban J connectivity index is 1.34. The molecule has 1 amide bonds. The number of benzene rings is 2. The van der Waals surface area contributed by atoms with Crippen molar-refractivity contribution in [1.82, 2.24) is 0 Å². The van der Waals surface area contributed by atoms with Crippen molar-refractivity contribution in [3.8, 4) is 0 Å². The topological polar surface area (TPSA) is 67.9 Å². The number of carbonyl (C=O) groups is 2. The summed E-state index contributed by atoms with van der Waals surface area (Å²) >= 11 is 0. The molecule has 2 aliphatic rings. The molecule has 0 unspecified atom stereocenters. The van der Waals surface area contributed by atoms with Crippen LogP contribution >= 0.6 is 0 Å². The summed E-state index contributed by atoms with van der Waals surface area (Å²) in [6.45, 7) is 2.69. The molecule has 1 saturated heterocycles. The minimum absolute atomic E-state index is 0.358. The molecule has 7 heteroatoms. The Labute approximate surface area is 181 Å². The van der Waals surface area contributed by atoms with Crippen LogP contribution < -0.4 is 10.2 Å².